The number of thioether (sulfide) groups is 1. The summed E-state index contributed by atoms with van der Waals surface area (Å²) in [5.74, 6) is 0. The van der Waals surface area contributed by atoms with E-state index >= 15 is 0 Å². The summed E-state index contributed by atoms with van der Waals surface area (Å²) in [7, 11) is 0. The number of fused-ring (bicyclic) bond motifs is 1. The lowest BCUT2D eigenvalue weighted by Crippen LogP contribution is -2.21. The summed E-state index contributed by atoms with van der Waals surface area (Å²) >= 11 is 1.85. The Balaban J connectivity index is 1.51. The van der Waals surface area contributed by atoms with Crippen molar-refractivity contribution in [2.75, 3.05) is 23.3 Å². The summed E-state index contributed by atoms with van der Waals surface area (Å²) in [6.07, 6.45) is 5.14. The molecule has 1 heterocycles. The first-order valence-corrected chi connectivity index (χ1v) is 9.96. The van der Waals surface area contributed by atoms with E-state index in [1.807, 2.05) is 11.8 Å². The van der Waals surface area contributed by atoms with Crippen molar-refractivity contribution in [1.29, 1.82) is 0 Å². The lowest BCUT2D eigenvalue weighted by atomic mass is 10.1. The summed E-state index contributed by atoms with van der Waals surface area (Å²) in [4.78, 5) is 9.82. The van der Waals surface area contributed by atoms with Crippen LogP contribution in [0.25, 0.3) is 0 Å². The van der Waals surface area contributed by atoms with Crippen LogP contribution < -0.4 is 10.2 Å². The van der Waals surface area contributed by atoms with Crippen LogP contribution in [0.15, 0.2) is 81.2 Å². The third kappa shape index (κ3) is 3.42. The third-order valence-electron chi connectivity index (χ3n) is 4.73. The van der Waals surface area contributed by atoms with Crippen molar-refractivity contribution >= 4 is 34.5 Å². The Morgan fingerprint density at radius 3 is 2.54 bits per heavy atom. The van der Waals surface area contributed by atoms with Crippen LogP contribution in [0.5, 0.6) is 0 Å². The van der Waals surface area contributed by atoms with Gasteiger partial charge in [0.15, 0.2) is 0 Å². The van der Waals surface area contributed by atoms with Gasteiger partial charge in [0.1, 0.15) is 0 Å². The molecule has 1 aliphatic carbocycles. The van der Waals surface area contributed by atoms with E-state index < -0.39 is 0 Å². The zero-order valence-electron chi connectivity index (χ0n) is 15.2. The number of aliphatic imine (C=N–C) groups is 1. The summed E-state index contributed by atoms with van der Waals surface area (Å²) < 4.78 is 0. The summed E-state index contributed by atoms with van der Waals surface area (Å²) in [5, 5.41) is 3.53. The number of nitrogens with one attached hydrogen (secondary N) is 1. The highest BCUT2D eigenvalue weighted by molar-refractivity contribution is 8.03. The van der Waals surface area contributed by atoms with E-state index in [1.165, 1.54) is 26.9 Å². The summed E-state index contributed by atoms with van der Waals surface area (Å²) in [5.41, 5.74) is 5.76. The van der Waals surface area contributed by atoms with E-state index in [1.54, 1.807) is 0 Å². The molecule has 0 saturated heterocycles. The highest BCUT2D eigenvalue weighted by atomic mass is 32.2. The molecule has 1 aliphatic heterocycles. The fourth-order valence-electron chi connectivity index (χ4n) is 3.30. The number of para-hydroxylation sites is 1. The molecule has 0 spiro atoms. The monoisotopic (exact) mass is 361 g/mol. The van der Waals surface area contributed by atoms with E-state index in [0.717, 1.165) is 30.9 Å². The molecule has 0 amide bonds. The molecule has 3 nitrogen and oxygen atoms in total. The van der Waals surface area contributed by atoms with Gasteiger partial charge < -0.3 is 10.2 Å². The van der Waals surface area contributed by atoms with Crippen molar-refractivity contribution < 1.29 is 0 Å². The molecule has 4 rings (SSSR count). The molecule has 0 atom stereocenters. The fraction of sp³-hybridized carbons (Fsp3) is 0.227. The van der Waals surface area contributed by atoms with E-state index in [0.29, 0.717) is 0 Å². The molecular weight excluding hydrogens is 338 g/mol. The Hall–Kier alpha value is -2.46. The van der Waals surface area contributed by atoms with Gasteiger partial charge in [0.2, 0.25) is 0 Å². The molecule has 0 bridgehead atoms. The predicted octanol–water partition coefficient (Wildman–Crippen LogP) is 5.99. The Morgan fingerprint density at radius 1 is 1.00 bits per heavy atom. The number of hydrogen-bond acceptors (Lipinski definition) is 4. The second kappa shape index (κ2) is 7.42. The fourth-order valence-corrected chi connectivity index (χ4v) is 4.39. The molecule has 1 N–H and O–H groups in total. The smallest absolute Gasteiger partial charge is 0.0634 e. The molecule has 2 aromatic carbocycles. The second-order valence-electron chi connectivity index (χ2n) is 6.36. The SMILES string of the molecule is CCN(CC)c1ccc(N=C2C=CC3=C(C2)Sc2ccccc2N3)cc1. The zero-order chi connectivity index (χ0) is 17.9. The molecule has 26 heavy (non-hydrogen) atoms. The van der Waals surface area contributed by atoms with Crippen LogP contribution in [0.1, 0.15) is 20.3 Å². The molecule has 4 heteroatoms. The number of hydrogen-bond donors (Lipinski definition) is 1. The third-order valence-corrected chi connectivity index (χ3v) is 5.91. The average molecular weight is 362 g/mol. The average Bonchev–Trinajstić information content (AvgIpc) is 2.68. The van der Waals surface area contributed by atoms with Crippen molar-refractivity contribution in [3.05, 3.63) is 71.3 Å². The molecule has 132 valence electrons. The van der Waals surface area contributed by atoms with Crippen LogP contribution in [-0.2, 0) is 0 Å². The van der Waals surface area contributed by atoms with Crippen LogP contribution in [-0.4, -0.2) is 18.8 Å². The first kappa shape index (κ1) is 17.0. The Labute approximate surface area is 159 Å². The van der Waals surface area contributed by atoms with E-state index in [2.05, 4.69) is 84.7 Å². The first-order valence-electron chi connectivity index (χ1n) is 9.14. The van der Waals surface area contributed by atoms with Gasteiger partial charge in [-0.3, -0.25) is 4.99 Å². The van der Waals surface area contributed by atoms with Crippen LogP contribution in [0.2, 0.25) is 0 Å². The zero-order valence-corrected chi connectivity index (χ0v) is 16.0. The first-order chi connectivity index (χ1) is 12.8. The van der Waals surface area contributed by atoms with Gasteiger partial charge in [0, 0.05) is 46.4 Å². The van der Waals surface area contributed by atoms with Crippen LogP contribution in [0, 0.1) is 0 Å². The Morgan fingerprint density at radius 2 is 1.77 bits per heavy atom. The number of anilines is 2. The molecule has 0 fully saturated rings. The van der Waals surface area contributed by atoms with Gasteiger partial charge in [-0.05, 0) is 62.4 Å². The molecular formula is C22H23N3S. The molecule has 2 aromatic rings. The molecule has 0 unspecified atom stereocenters. The number of rotatable bonds is 4. The minimum absolute atomic E-state index is 0.871. The van der Waals surface area contributed by atoms with Gasteiger partial charge in [-0.15, -0.1) is 0 Å². The number of benzene rings is 2. The number of allylic oxidation sites excluding steroid dienone is 3. The van der Waals surface area contributed by atoms with Crippen LogP contribution >= 0.6 is 11.8 Å². The normalized spacial score (nSPS) is 16.9. The van der Waals surface area contributed by atoms with Crippen molar-refractivity contribution in [3.8, 4) is 0 Å². The van der Waals surface area contributed by atoms with Gasteiger partial charge in [0.05, 0.1) is 11.4 Å². The standard InChI is InChI=1S/C22H23N3S/c1-3-25(4-2)18-12-9-16(10-13-18)23-17-11-14-20-22(15-17)26-21-8-6-5-7-19(21)24-20/h5-14,24H,3-4,15H2,1-2H3. The lowest BCUT2D eigenvalue weighted by molar-refractivity contribution is 0.866. The van der Waals surface area contributed by atoms with Crippen molar-refractivity contribution in [2.24, 2.45) is 4.99 Å². The van der Waals surface area contributed by atoms with Crippen molar-refractivity contribution in [1.82, 2.24) is 0 Å². The highest BCUT2D eigenvalue weighted by Crippen LogP contribution is 2.42. The lowest BCUT2D eigenvalue weighted by Gasteiger charge is -2.25. The maximum absolute atomic E-state index is 4.85. The van der Waals surface area contributed by atoms with Crippen LogP contribution in [0.4, 0.5) is 17.1 Å². The summed E-state index contributed by atoms with van der Waals surface area (Å²) in [6.45, 7) is 6.42. The summed E-state index contributed by atoms with van der Waals surface area (Å²) in [6, 6.07) is 17.0. The quantitative estimate of drug-likeness (QED) is 0.724. The predicted molar refractivity (Wildman–Crippen MR) is 114 cm³/mol. The van der Waals surface area contributed by atoms with E-state index in [9.17, 15) is 0 Å². The van der Waals surface area contributed by atoms with Gasteiger partial charge >= 0.3 is 0 Å². The molecule has 2 aliphatic rings. The van der Waals surface area contributed by atoms with Gasteiger partial charge in [-0.1, -0.05) is 23.9 Å². The maximum Gasteiger partial charge on any atom is 0.0634 e. The second-order valence-corrected chi connectivity index (χ2v) is 7.50. The van der Waals surface area contributed by atoms with E-state index in [4.69, 9.17) is 4.99 Å². The Kier molecular flexibility index (Phi) is 4.85. The minimum Gasteiger partial charge on any atom is -0.372 e. The van der Waals surface area contributed by atoms with Gasteiger partial charge in [-0.2, -0.15) is 0 Å². The minimum atomic E-state index is 0.871. The molecule has 0 saturated carbocycles. The Bertz CT molecular complexity index is 890. The maximum atomic E-state index is 4.85. The molecule has 0 aromatic heterocycles. The highest BCUT2D eigenvalue weighted by Gasteiger charge is 2.20. The van der Waals surface area contributed by atoms with Gasteiger partial charge in [-0.25, -0.2) is 0 Å². The largest absolute Gasteiger partial charge is 0.372 e. The van der Waals surface area contributed by atoms with E-state index in [-0.39, 0.29) is 0 Å². The van der Waals surface area contributed by atoms with Gasteiger partial charge in [0.25, 0.3) is 0 Å². The van der Waals surface area contributed by atoms with Crippen LogP contribution in [0.3, 0.4) is 0 Å². The van der Waals surface area contributed by atoms with Crippen molar-refractivity contribution in [3.63, 3.8) is 0 Å². The topological polar surface area (TPSA) is 27.6 Å². The molecule has 0 radical (unpaired) electrons. The van der Waals surface area contributed by atoms with Crippen molar-refractivity contribution in [2.45, 2.75) is 25.2 Å². The number of nitrogens with zero attached hydrogens (tertiary/aromatic N) is 2.